The monoisotopic (exact) mass is 283 g/mol. The molecule has 20 heavy (non-hydrogen) atoms. The maximum absolute atomic E-state index is 9.28. The molecule has 1 aromatic carbocycles. The minimum absolute atomic E-state index is 0.0440. The number of ether oxygens (including phenoxy) is 3. The molecule has 0 bridgehead atoms. The fraction of sp³-hybridized carbons (Fsp3) is 0.600. The van der Waals surface area contributed by atoms with Crippen LogP contribution in [0.2, 0.25) is 0 Å². The largest absolute Gasteiger partial charge is 0.496 e. The van der Waals surface area contributed by atoms with Gasteiger partial charge in [0.1, 0.15) is 17.2 Å². The number of rotatable bonds is 9. The molecule has 5 heteroatoms. The number of aliphatic hydroxyl groups is 1. The average Bonchev–Trinajstić information content (AvgIpc) is 2.45. The topological polar surface area (TPSA) is 60.0 Å². The molecule has 0 heterocycles. The normalized spacial score (nSPS) is 12.3. The van der Waals surface area contributed by atoms with E-state index in [1.807, 2.05) is 12.1 Å². The summed E-state index contributed by atoms with van der Waals surface area (Å²) in [5.74, 6) is 2.08. The van der Waals surface area contributed by atoms with Crippen molar-refractivity contribution < 1.29 is 19.3 Å². The summed E-state index contributed by atoms with van der Waals surface area (Å²) >= 11 is 0. The fourth-order valence-corrected chi connectivity index (χ4v) is 1.88. The van der Waals surface area contributed by atoms with Gasteiger partial charge < -0.3 is 24.6 Å². The van der Waals surface area contributed by atoms with Gasteiger partial charge >= 0.3 is 0 Å². The molecule has 0 aliphatic heterocycles. The van der Waals surface area contributed by atoms with Crippen molar-refractivity contribution in [3.05, 3.63) is 18.2 Å². The molecule has 0 saturated heterocycles. The number of benzene rings is 1. The molecule has 1 aromatic rings. The number of methoxy groups -OCH3 is 2. The second kappa shape index (κ2) is 8.66. The zero-order chi connectivity index (χ0) is 15.0. The number of aliphatic hydroxyl groups excluding tert-OH is 1. The summed E-state index contributed by atoms with van der Waals surface area (Å²) in [5.41, 5.74) is 0. The summed E-state index contributed by atoms with van der Waals surface area (Å²) in [6.45, 7) is 4.72. The molecule has 0 aromatic heterocycles. The number of hydrogen-bond donors (Lipinski definition) is 2. The third-order valence-electron chi connectivity index (χ3n) is 2.85. The Morgan fingerprint density at radius 2 is 1.60 bits per heavy atom. The predicted molar refractivity (Wildman–Crippen MR) is 78.8 cm³/mol. The van der Waals surface area contributed by atoms with Crippen LogP contribution in [-0.4, -0.2) is 44.6 Å². The summed E-state index contributed by atoms with van der Waals surface area (Å²) in [5, 5.41) is 12.6. The zero-order valence-corrected chi connectivity index (χ0v) is 12.7. The summed E-state index contributed by atoms with van der Waals surface area (Å²) in [7, 11) is 3.21. The van der Waals surface area contributed by atoms with Gasteiger partial charge in [-0.25, -0.2) is 0 Å². The molecule has 0 aliphatic carbocycles. The average molecular weight is 283 g/mol. The van der Waals surface area contributed by atoms with Gasteiger partial charge in [-0.3, -0.25) is 0 Å². The van der Waals surface area contributed by atoms with Crippen LogP contribution >= 0.6 is 0 Å². The van der Waals surface area contributed by atoms with Crippen molar-refractivity contribution in [3.8, 4) is 17.2 Å². The lowest BCUT2D eigenvalue weighted by Crippen LogP contribution is -2.38. The third kappa shape index (κ3) is 5.67. The van der Waals surface area contributed by atoms with E-state index in [9.17, 15) is 5.11 Å². The summed E-state index contributed by atoms with van der Waals surface area (Å²) in [6.07, 6.45) is 0.730. The molecule has 1 unspecified atom stereocenters. The first-order valence-corrected chi connectivity index (χ1v) is 6.81. The zero-order valence-electron chi connectivity index (χ0n) is 12.7. The first kappa shape index (κ1) is 16.6. The Labute approximate surface area is 120 Å². The van der Waals surface area contributed by atoms with Gasteiger partial charge in [0.2, 0.25) is 0 Å². The Morgan fingerprint density at radius 3 is 2.05 bits per heavy atom. The van der Waals surface area contributed by atoms with E-state index in [1.54, 1.807) is 20.3 Å². The smallest absolute Gasteiger partial charge is 0.126 e. The molecule has 0 spiro atoms. The molecule has 5 nitrogen and oxygen atoms in total. The van der Waals surface area contributed by atoms with Gasteiger partial charge in [-0.1, -0.05) is 13.8 Å². The quantitative estimate of drug-likeness (QED) is 0.724. The summed E-state index contributed by atoms with van der Waals surface area (Å²) in [6, 6.07) is 5.80. The fourth-order valence-electron chi connectivity index (χ4n) is 1.88. The standard InChI is InChI=1S/C15H25NO4/c1-11(2)16-12(10-17)5-6-20-15-8-13(18-3)7-14(9-15)19-4/h7-9,11-12,16-17H,5-6,10H2,1-4H3. The Morgan fingerprint density at radius 1 is 1.05 bits per heavy atom. The van der Waals surface area contributed by atoms with Crippen LogP contribution in [0, 0.1) is 0 Å². The highest BCUT2D eigenvalue weighted by atomic mass is 16.5. The molecule has 0 saturated carbocycles. The van der Waals surface area contributed by atoms with E-state index < -0.39 is 0 Å². The summed E-state index contributed by atoms with van der Waals surface area (Å²) < 4.78 is 16.1. The van der Waals surface area contributed by atoms with E-state index in [1.165, 1.54) is 0 Å². The van der Waals surface area contributed by atoms with Gasteiger partial charge in [0.25, 0.3) is 0 Å². The molecule has 0 fully saturated rings. The maximum atomic E-state index is 9.28. The van der Waals surface area contributed by atoms with Crippen LogP contribution in [0.3, 0.4) is 0 Å². The first-order valence-electron chi connectivity index (χ1n) is 6.81. The van der Waals surface area contributed by atoms with Crippen LogP contribution in [0.25, 0.3) is 0 Å². The Kier molecular flexibility index (Phi) is 7.18. The molecule has 0 amide bonds. The van der Waals surface area contributed by atoms with Gasteiger partial charge in [0.05, 0.1) is 27.4 Å². The SMILES string of the molecule is COc1cc(OC)cc(OCCC(CO)NC(C)C)c1. The lowest BCUT2D eigenvalue weighted by Gasteiger charge is -2.19. The Bertz CT molecular complexity index is 373. The second-order valence-corrected chi connectivity index (χ2v) is 4.89. The molecule has 1 atom stereocenters. The third-order valence-corrected chi connectivity index (χ3v) is 2.85. The van der Waals surface area contributed by atoms with Crippen molar-refractivity contribution in [3.63, 3.8) is 0 Å². The highest BCUT2D eigenvalue weighted by Crippen LogP contribution is 2.27. The van der Waals surface area contributed by atoms with E-state index in [0.717, 1.165) is 6.42 Å². The van der Waals surface area contributed by atoms with Crippen LogP contribution in [0.5, 0.6) is 17.2 Å². The van der Waals surface area contributed by atoms with E-state index in [0.29, 0.717) is 29.9 Å². The van der Waals surface area contributed by atoms with Crippen molar-refractivity contribution in [1.82, 2.24) is 5.32 Å². The van der Waals surface area contributed by atoms with Crippen LogP contribution in [0.4, 0.5) is 0 Å². The first-order chi connectivity index (χ1) is 9.58. The number of nitrogens with one attached hydrogen (secondary N) is 1. The van der Waals surface area contributed by atoms with Crippen molar-refractivity contribution in [2.75, 3.05) is 27.4 Å². The van der Waals surface area contributed by atoms with Crippen LogP contribution in [-0.2, 0) is 0 Å². The van der Waals surface area contributed by atoms with Crippen molar-refractivity contribution in [2.24, 2.45) is 0 Å². The summed E-state index contributed by atoms with van der Waals surface area (Å²) in [4.78, 5) is 0. The molecule has 0 radical (unpaired) electrons. The van der Waals surface area contributed by atoms with E-state index in [2.05, 4.69) is 19.2 Å². The van der Waals surface area contributed by atoms with Gasteiger partial charge in [-0.05, 0) is 6.42 Å². The maximum Gasteiger partial charge on any atom is 0.126 e. The van der Waals surface area contributed by atoms with E-state index >= 15 is 0 Å². The van der Waals surface area contributed by atoms with Crippen LogP contribution in [0.15, 0.2) is 18.2 Å². The lowest BCUT2D eigenvalue weighted by atomic mass is 10.2. The molecular formula is C15H25NO4. The van der Waals surface area contributed by atoms with Gasteiger partial charge in [-0.2, -0.15) is 0 Å². The van der Waals surface area contributed by atoms with Crippen molar-refractivity contribution >= 4 is 0 Å². The van der Waals surface area contributed by atoms with Crippen LogP contribution < -0.4 is 19.5 Å². The highest BCUT2D eigenvalue weighted by Gasteiger charge is 2.09. The second-order valence-electron chi connectivity index (χ2n) is 4.89. The van der Waals surface area contributed by atoms with E-state index in [-0.39, 0.29) is 12.6 Å². The molecule has 114 valence electrons. The minimum atomic E-state index is 0.0440. The molecular weight excluding hydrogens is 258 g/mol. The van der Waals surface area contributed by atoms with Gasteiger partial charge in [0, 0.05) is 30.3 Å². The molecule has 1 rings (SSSR count). The van der Waals surface area contributed by atoms with Crippen molar-refractivity contribution in [2.45, 2.75) is 32.4 Å². The minimum Gasteiger partial charge on any atom is -0.496 e. The van der Waals surface area contributed by atoms with Crippen molar-refractivity contribution in [1.29, 1.82) is 0 Å². The Balaban J connectivity index is 2.52. The highest BCUT2D eigenvalue weighted by molar-refractivity contribution is 5.41. The predicted octanol–water partition coefficient (Wildman–Crippen LogP) is 1.83. The lowest BCUT2D eigenvalue weighted by molar-refractivity contribution is 0.202. The number of hydrogen-bond acceptors (Lipinski definition) is 5. The van der Waals surface area contributed by atoms with E-state index in [4.69, 9.17) is 14.2 Å². The molecule has 0 aliphatic rings. The van der Waals surface area contributed by atoms with Gasteiger partial charge in [0.15, 0.2) is 0 Å². The Hall–Kier alpha value is -1.46. The molecule has 2 N–H and O–H groups in total. The van der Waals surface area contributed by atoms with Crippen LogP contribution in [0.1, 0.15) is 20.3 Å². The van der Waals surface area contributed by atoms with Gasteiger partial charge in [-0.15, -0.1) is 0 Å².